The Balaban J connectivity index is 1.92. The zero-order valence-electron chi connectivity index (χ0n) is 26.8. The van der Waals surface area contributed by atoms with E-state index in [4.69, 9.17) is 37.9 Å². The molecule has 0 aliphatic carbocycles. The van der Waals surface area contributed by atoms with Gasteiger partial charge < -0.3 is 73.6 Å². The molecule has 0 aromatic rings. The second kappa shape index (κ2) is 19.4. The molecule has 15 atom stereocenters. The van der Waals surface area contributed by atoms with Crippen LogP contribution in [0, 0.1) is 0 Å². The van der Waals surface area contributed by atoms with Crippen molar-refractivity contribution >= 4 is 0 Å². The first-order chi connectivity index (χ1) is 21.6. The minimum atomic E-state index is -1.79. The third-order valence-corrected chi connectivity index (χ3v) is 8.40. The van der Waals surface area contributed by atoms with Gasteiger partial charge in [-0.1, -0.05) is 40.0 Å². The van der Waals surface area contributed by atoms with Crippen LogP contribution in [0.5, 0.6) is 0 Å². The van der Waals surface area contributed by atoms with Crippen LogP contribution < -0.4 is 0 Å². The molecule has 15 heteroatoms. The maximum absolute atomic E-state index is 11.1. The van der Waals surface area contributed by atoms with Crippen LogP contribution in [-0.2, 0) is 37.9 Å². The molecular weight excluding hydrogens is 600 g/mol. The van der Waals surface area contributed by atoms with E-state index in [1.807, 2.05) is 13.8 Å². The molecule has 0 bridgehead atoms. The lowest BCUT2D eigenvalue weighted by molar-refractivity contribution is -0.386. The molecule has 3 heterocycles. The highest BCUT2D eigenvalue weighted by Crippen LogP contribution is 2.35. The smallest absolute Gasteiger partial charge is 0.187 e. The Kier molecular flexibility index (Phi) is 16.8. The van der Waals surface area contributed by atoms with Gasteiger partial charge >= 0.3 is 0 Å². The molecule has 45 heavy (non-hydrogen) atoms. The topological polar surface area (TPSA) is 215 Å². The lowest BCUT2D eigenvalue weighted by atomic mass is 9.95. The van der Waals surface area contributed by atoms with Crippen molar-refractivity contribution in [3.63, 3.8) is 0 Å². The Morgan fingerprint density at radius 3 is 1.60 bits per heavy atom. The van der Waals surface area contributed by atoms with Crippen LogP contribution in [0.15, 0.2) is 0 Å². The summed E-state index contributed by atoms with van der Waals surface area (Å²) in [5.74, 6) is 0. The van der Waals surface area contributed by atoms with Crippen molar-refractivity contribution in [1.29, 1.82) is 0 Å². The molecule has 0 aromatic carbocycles. The monoisotopic (exact) mass is 656 g/mol. The van der Waals surface area contributed by atoms with E-state index in [2.05, 4.69) is 13.8 Å². The molecule has 3 fully saturated rings. The van der Waals surface area contributed by atoms with Crippen LogP contribution in [-0.4, -0.2) is 161 Å². The minimum absolute atomic E-state index is 0.358. The van der Waals surface area contributed by atoms with Crippen molar-refractivity contribution in [3.8, 4) is 0 Å². The molecule has 7 unspecified atom stereocenters. The van der Waals surface area contributed by atoms with E-state index in [1.54, 1.807) is 0 Å². The summed E-state index contributed by atoms with van der Waals surface area (Å²) >= 11 is 0. The zero-order valence-corrected chi connectivity index (χ0v) is 26.8. The number of rotatable bonds is 18. The van der Waals surface area contributed by atoms with Gasteiger partial charge in [0.05, 0.1) is 19.3 Å². The van der Waals surface area contributed by atoms with Crippen molar-refractivity contribution in [3.05, 3.63) is 0 Å². The Morgan fingerprint density at radius 1 is 0.511 bits per heavy atom. The molecule has 0 aromatic heterocycles. The predicted octanol–water partition coefficient (Wildman–Crippen LogP) is -1.07. The average molecular weight is 657 g/mol. The summed E-state index contributed by atoms with van der Waals surface area (Å²) in [6.07, 6.45) is -14.2. The lowest BCUT2D eigenvalue weighted by Crippen LogP contribution is -2.67. The van der Waals surface area contributed by atoms with Crippen molar-refractivity contribution in [1.82, 2.24) is 0 Å². The van der Waals surface area contributed by atoms with Gasteiger partial charge in [0.1, 0.15) is 67.1 Å². The van der Waals surface area contributed by atoms with Crippen LogP contribution in [0.3, 0.4) is 0 Å². The van der Waals surface area contributed by atoms with Crippen LogP contribution in [0.2, 0.25) is 0 Å². The molecule has 3 saturated heterocycles. The summed E-state index contributed by atoms with van der Waals surface area (Å²) in [5, 5.41) is 72.5. The third kappa shape index (κ3) is 9.96. The first-order valence-corrected chi connectivity index (χ1v) is 16.4. The quantitative estimate of drug-likeness (QED) is 0.0875. The molecule has 7 N–H and O–H groups in total. The minimum Gasteiger partial charge on any atom is -0.394 e. The van der Waals surface area contributed by atoms with Crippen LogP contribution in [0.25, 0.3) is 0 Å². The zero-order chi connectivity index (χ0) is 33.1. The highest BCUT2D eigenvalue weighted by atomic mass is 16.8. The molecule has 0 spiro atoms. The summed E-state index contributed by atoms with van der Waals surface area (Å²) in [4.78, 5) is 0. The summed E-state index contributed by atoms with van der Waals surface area (Å²) in [7, 11) is 0. The lowest BCUT2D eigenvalue weighted by Gasteiger charge is -2.49. The van der Waals surface area contributed by atoms with Gasteiger partial charge in [-0.2, -0.15) is 0 Å². The Morgan fingerprint density at radius 2 is 1.04 bits per heavy atom. The maximum atomic E-state index is 11.1. The number of aliphatic hydroxyl groups is 7. The van der Waals surface area contributed by atoms with Gasteiger partial charge in [-0.25, -0.2) is 0 Å². The molecule has 0 amide bonds. The first kappa shape index (κ1) is 38.8. The highest BCUT2D eigenvalue weighted by molar-refractivity contribution is 4.97. The normalized spacial score (nSPS) is 42.6. The molecule has 3 aliphatic rings. The van der Waals surface area contributed by atoms with Gasteiger partial charge in [-0.05, 0) is 26.2 Å². The van der Waals surface area contributed by atoms with Gasteiger partial charge in [-0.15, -0.1) is 0 Å². The number of hydrogen-bond acceptors (Lipinski definition) is 15. The molecule has 3 rings (SSSR count). The van der Waals surface area contributed by atoms with Crippen LogP contribution in [0.4, 0.5) is 0 Å². The summed E-state index contributed by atoms with van der Waals surface area (Å²) in [6.45, 7) is 7.87. The van der Waals surface area contributed by atoms with Gasteiger partial charge in [-0.3, -0.25) is 0 Å². The fourth-order valence-electron chi connectivity index (χ4n) is 5.63. The second-order valence-electron chi connectivity index (χ2n) is 11.9. The third-order valence-electron chi connectivity index (χ3n) is 8.40. The summed E-state index contributed by atoms with van der Waals surface area (Å²) in [6, 6.07) is 0. The number of hydrogen-bond donors (Lipinski definition) is 7. The Labute approximate surface area is 265 Å². The molecular formula is C30H56O15. The van der Waals surface area contributed by atoms with E-state index in [0.29, 0.717) is 19.8 Å². The second-order valence-corrected chi connectivity index (χ2v) is 11.9. The maximum Gasteiger partial charge on any atom is 0.187 e. The molecule has 0 saturated carbocycles. The largest absolute Gasteiger partial charge is 0.394 e. The number of ether oxygens (including phenoxy) is 8. The van der Waals surface area contributed by atoms with E-state index in [9.17, 15) is 35.7 Å². The van der Waals surface area contributed by atoms with E-state index < -0.39 is 105 Å². The van der Waals surface area contributed by atoms with Crippen molar-refractivity contribution in [2.75, 3.05) is 33.0 Å². The van der Waals surface area contributed by atoms with Crippen LogP contribution in [0.1, 0.15) is 66.2 Å². The van der Waals surface area contributed by atoms with Gasteiger partial charge in [0.2, 0.25) is 0 Å². The summed E-state index contributed by atoms with van der Waals surface area (Å²) in [5.41, 5.74) is 0. The fourth-order valence-corrected chi connectivity index (χ4v) is 5.63. The van der Waals surface area contributed by atoms with E-state index in [0.717, 1.165) is 38.5 Å². The molecule has 0 radical (unpaired) electrons. The Hall–Kier alpha value is -0.600. The fraction of sp³-hybridized carbons (Fsp3) is 1.00. The van der Waals surface area contributed by atoms with Crippen molar-refractivity contribution in [2.24, 2.45) is 0 Å². The molecule has 15 nitrogen and oxygen atoms in total. The first-order valence-electron chi connectivity index (χ1n) is 16.4. The van der Waals surface area contributed by atoms with E-state index in [1.165, 1.54) is 0 Å². The van der Waals surface area contributed by atoms with Gasteiger partial charge in [0, 0.05) is 19.8 Å². The van der Waals surface area contributed by atoms with E-state index >= 15 is 0 Å². The highest BCUT2D eigenvalue weighted by Gasteiger charge is 2.54. The SMILES string of the molecule is CCCCOC1[C@H](OCCCC)C(C)O[C@@H](OC2[C@H](O)C(O)OC(CO)[C@H]2O[C@@H]2O[C@@H](CO)[C@H](O)C(O)C2O)[C@H]1OCCCC. The van der Waals surface area contributed by atoms with Gasteiger partial charge in [0.25, 0.3) is 0 Å². The van der Waals surface area contributed by atoms with Crippen molar-refractivity contribution < 1.29 is 73.6 Å². The van der Waals surface area contributed by atoms with E-state index in [-0.39, 0.29) is 0 Å². The average Bonchev–Trinajstić information content (AvgIpc) is 3.03. The number of aliphatic hydroxyl groups excluding tert-OH is 7. The molecule has 3 aliphatic heterocycles. The standard InChI is InChI=1S/C30H56O15/c1-5-8-11-38-23-16(4)41-30(27(40-13-10-7-3)26(23)39-12-9-6-2)45-25-22(36)28(37)42-18(15-32)24(25)44-29-21(35)20(34)19(33)17(14-31)43-29/h16-37H,5-15H2,1-4H3/t16?,17-,18?,19-,20?,21?,22-,23+,24+,25?,26?,27-,28?,29-,30-/m0/s1. The predicted molar refractivity (Wildman–Crippen MR) is 156 cm³/mol. The van der Waals surface area contributed by atoms with Gasteiger partial charge in [0.15, 0.2) is 18.9 Å². The van der Waals surface area contributed by atoms with Crippen LogP contribution >= 0.6 is 0 Å². The summed E-state index contributed by atoms with van der Waals surface area (Å²) < 4.78 is 48.4. The molecule has 266 valence electrons. The number of unbranched alkanes of at least 4 members (excludes halogenated alkanes) is 3. The van der Waals surface area contributed by atoms with Crippen molar-refractivity contribution in [2.45, 2.75) is 158 Å². The Bertz CT molecular complexity index is 807.